The second kappa shape index (κ2) is 7.16. The van der Waals surface area contributed by atoms with Gasteiger partial charge in [0.1, 0.15) is 0 Å². The standard InChI is InChI=1S/C16H26ClN/c1-6-7-8-11(2)16(18-5)14-9-13(4)15(17)10-12(14)3/h9-11,16,18H,6-8H2,1-5H3. The average Bonchev–Trinajstić information content (AvgIpc) is 2.33. The molecule has 1 rings (SSSR count). The van der Waals surface area contributed by atoms with Crippen LogP contribution in [0.3, 0.4) is 0 Å². The third kappa shape index (κ3) is 3.73. The molecule has 0 aliphatic heterocycles. The number of hydrogen-bond acceptors (Lipinski definition) is 1. The fourth-order valence-corrected chi connectivity index (χ4v) is 2.80. The highest BCUT2D eigenvalue weighted by Crippen LogP contribution is 2.31. The van der Waals surface area contributed by atoms with Crippen molar-refractivity contribution < 1.29 is 0 Å². The smallest absolute Gasteiger partial charge is 0.0438 e. The van der Waals surface area contributed by atoms with Gasteiger partial charge in [-0.1, -0.05) is 44.4 Å². The number of aryl methyl sites for hydroxylation is 2. The first-order valence-electron chi connectivity index (χ1n) is 6.95. The Morgan fingerprint density at radius 3 is 2.44 bits per heavy atom. The molecule has 2 heteroatoms. The van der Waals surface area contributed by atoms with Gasteiger partial charge in [-0.25, -0.2) is 0 Å². The van der Waals surface area contributed by atoms with E-state index < -0.39 is 0 Å². The monoisotopic (exact) mass is 267 g/mol. The van der Waals surface area contributed by atoms with Crippen LogP contribution in [0.1, 0.15) is 55.8 Å². The number of rotatable bonds is 6. The number of unbranched alkanes of at least 4 members (excludes halogenated alkanes) is 1. The van der Waals surface area contributed by atoms with Crippen LogP contribution >= 0.6 is 11.6 Å². The Morgan fingerprint density at radius 2 is 1.89 bits per heavy atom. The fourth-order valence-electron chi connectivity index (χ4n) is 2.58. The van der Waals surface area contributed by atoms with Crippen molar-refractivity contribution in [3.63, 3.8) is 0 Å². The lowest BCUT2D eigenvalue weighted by molar-refractivity contribution is 0.375. The number of hydrogen-bond donors (Lipinski definition) is 1. The molecule has 0 saturated heterocycles. The molecule has 2 atom stereocenters. The summed E-state index contributed by atoms with van der Waals surface area (Å²) < 4.78 is 0. The van der Waals surface area contributed by atoms with E-state index in [0.29, 0.717) is 12.0 Å². The lowest BCUT2D eigenvalue weighted by Crippen LogP contribution is -2.24. The van der Waals surface area contributed by atoms with Crippen LogP contribution in [0.15, 0.2) is 12.1 Å². The number of benzene rings is 1. The number of nitrogens with one attached hydrogen (secondary N) is 1. The van der Waals surface area contributed by atoms with Crippen molar-refractivity contribution in [2.75, 3.05) is 7.05 Å². The Morgan fingerprint density at radius 1 is 1.22 bits per heavy atom. The predicted molar refractivity (Wildman–Crippen MR) is 81.4 cm³/mol. The van der Waals surface area contributed by atoms with Crippen LogP contribution in [0.25, 0.3) is 0 Å². The maximum absolute atomic E-state index is 6.18. The minimum absolute atomic E-state index is 0.424. The van der Waals surface area contributed by atoms with Gasteiger partial charge >= 0.3 is 0 Å². The molecule has 0 saturated carbocycles. The maximum Gasteiger partial charge on any atom is 0.0438 e. The van der Waals surface area contributed by atoms with Crippen LogP contribution in [0.2, 0.25) is 5.02 Å². The maximum atomic E-state index is 6.18. The van der Waals surface area contributed by atoms with Gasteiger partial charge in [0.25, 0.3) is 0 Å². The molecule has 0 aromatic heterocycles. The van der Waals surface area contributed by atoms with E-state index in [1.54, 1.807) is 0 Å². The van der Waals surface area contributed by atoms with E-state index in [1.807, 2.05) is 0 Å². The quantitative estimate of drug-likeness (QED) is 0.761. The van der Waals surface area contributed by atoms with Gasteiger partial charge in [0, 0.05) is 11.1 Å². The molecule has 0 aliphatic carbocycles. The minimum Gasteiger partial charge on any atom is -0.313 e. The average molecular weight is 268 g/mol. The van der Waals surface area contributed by atoms with Crippen molar-refractivity contribution in [3.05, 3.63) is 33.8 Å². The van der Waals surface area contributed by atoms with Crippen LogP contribution in [0, 0.1) is 19.8 Å². The molecular weight excluding hydrogens is 242 g/mol. The van der Waals surface area contributed by atoms with Gasteiger partial charge in [-0.2, -0.15) is 0 Å². The summed E-state index contributed by atoms with van der Waals surface area (Å²) in [5.41, 5.74) is 3.84. The van der Waals surface area contributed by atoms with Crippen LogP contribution < -0.4 is 5.32 Å². The largest absolute Gasteiger partial charge is 0.313 e. The zero-order chi connectivity index (χ0) is 13.7. The topological polar surface area (TPSA) is 12.0 Å². The molecule has 2 unspecified atom stereocenters. The molecule has 102 valence electrons. The van der Waals surface area contributed by atoms with Crippen molar-refractivity contribution in [1.29, 1.82) is 0 Å². The zero-order valence-corrected chi connectivity index (χ0v) is 13.1. The fraction of sp³-hybridized carbons (Fsp3) is 0.625. The molecule has 1 N–H and O–H groups in total. The predicted octanol–water partition coefficient (Wildman–Crippen LogP) is 5.04. The lowest BCUT2D eigenvalue weighted by Gasteiger charge is -2.26. The summed E-state index contributed by atoms with van der Waals surface area (Å²) >= 11 is 6.18. The zero-order valence-electron chi connectivity index (χ0n) is 12.3. The summed E-state index contributed by atoms with van der Waals surface area (Å²) in [6.45, 7) is 8.81. The molecule has 1 aromatic rings. The van der Waals surface area contributed by atoms with Gasteiger partial charge in [-0.05, 0) is 56.0 Å². The first-order valence-corrected chi connectivity index (χ1v) is 7.33. The van der Waals surface area contributed by atoms with E-state index in [9.17, 15) is 0 Å². The molecule has 0 fully saturated rings. The van der Waals surface area contributed by atoms with Crippen molar-refractivity contribution in [1.82, 2.24) is 5.32 Å². The van der Waals surface area contributed by atoms with Crippen molar-refractivity contribution in [2.45, 2.75) is 53.0 Å². The molecule has 1 aromatic carbocycles. The first kappa shape index (κ1) is 15.5. The van der Waals surface area contributed by atoms with Crippen molar-refractivity contribution in [2.24, 2.45) is 5.92 Å². The third-order valence-electron chi connectivity index (χ3n) is 3.78. The Bertz CT molecular complexity index is 387. The van der Waals surface area contributed by atoms with Crippen LogP contribution in [0.5, 0.6) is 0 Å². The molecule has 0 bridgehead atoms. The Labute approximate surface area is 117 Å². The van der Waals surface area contributed by atoms with E-state index >= 15 is 0 Å². The SMILES string of the molecule is CCCCC(C)C(NC)c1cc(C)c(Cl)cc1C. The molecule has 0 radical (unpaired) electrons. The van der Waals surface area contributed by atoms with Gasteiger partial charge in [-0.15, -0.1) is 0 Å². The Kier molecular flexibility index (Phi) is 6.17. The van der Waals surface area contributed by atoms with Crippen LogP contribution in [-0.4, -0.2) is 7.05 Å². The highest BCUT2D eigenvalue weighted by molar-refractivity contribution is 6.31. The summed E-state index contributed by atoms with van der Waals surface area (Å²) in [5, 5.41) is 4.34. The summed E-state index contributed by atoms with van der Waals surface area (Å²) in [4.78, 5) is 0. The van der Waals surface area contributed by atoms with E-state index in [4.69, 9.17) is 11.6 Å². The minimum atomic E-state index is 0.424. The molecule has 0 amide bonds. The van der Waals surface area contributed by atoms with Gasteiger partial charge in [0.2, 0.25) is 0 Å². The molecule has 0 aliphatic rings. The molecule has 1 nitrogen and oxygen atoms in total. The van der Waals surface area contributed by atoms with E-state index in [-0.39, 0.29) is 0 Å². The highest BCUT2D eigenvalue weighted by atomic mass is 35.5. The van der Waals surface area contributed by atoms with Gasteiger partial charge < -0.3 is 5.32 Å². The van der Waals surface area contributed by atoms with Crippen LogP contribution in [0.4, 0.5) is 0 Å². The van der Waals surface area contributed by atoms with Crippen molar-refractivity contribution in [3.8, 4) is 0 Å². The van der Waals surface area contributed by atoms with E-state index in [0.717, 1.165) is 5.02 Å². The second-order valence-corrected chi connectivity index (χ2v) is 5.75. The first-order chi connectivity index (χ1) is 8.51. The normalized spacial score (nSPS) is 14.6. The van der Waals surface area contributed by atoms with Gasteiger partial charge in [-0.3, -0.25) is 0 Å². The number of halogens is 1. The summed E-state index contributed by atoms with van der Waals surface area (Å²) in [5.74, 6) is 0.647. The summed E-state index contributed by atoms with van der Waals surface area (Å²) in [6.07, 6.45) is 3.83. The molecule has 0 heterocycles. The molecule has 0 spiro atoms. The van der Waals surface area contributed by atoms with E-state index in [1.165, 1.54) is 36.0 Å². The molecular formula is C16H26ClN. The third-order valence-corrected chi connectivity index (χ3v) is 4.18. The Hall–Kier alpha value is -0.530. The van der Waals surface area contributed by atoms with Gasteiger partial charge in [0.05, 0.1) is 0 Å². The van der Waals surface area contributed by atoms with Crippen molar-refractivity contribution >= 4 is 11.6 Å². The highest BCUT2D eigenvalue weighted by Gasteiger charge is 2.19. The Balaban J connectivity index is 2.97. The summed E-state index contributed by atoms with van der Waals surface area (Å²) in [7, 11) is 2.05. The van der Waals surface area contributed by atoms with Crippen LogP contribution in [-0.2, 0) is 0 Å². The van der Waals surface area contributed by atoms with Gasteiger partial charge in [0.15, 0.2) is 0 Å². The molecule has 18 heavy (non-hydrogen) atoms. The lowest BCUT2D eigenvalue weighted by atomic mass is 9.87. The summed E-state index contributed by atoms with van der Waals surface area (Å²) in [6, 6.07) is 4.75. The second-order valence-electron chi connectivity index (χ2n) is 5.34. The van der Waals surface area contributed by atoms with E-state index in [2.05, 4.69) is 52.2 Å².